The fourth-order valence-corrected chi connectivity index (χ4v) is 10.7. The predicted octanol–water partition coefficient (Wildman–Crippen LogP) is 3.32. The molecule has 0 saturated carbocycles. The molecule has 1 saturated heterocycles. The monoisotopic (exact) mass is 1560 g/mol. The van der Waals surface area contributed by atoms with Crippen molar-refractivity contribution in [2.24, 2.45) is 0 Å². The van der Waals surface area contributed by atoms with E-state index in [2.05, 4.69) is 10.6 Å². The number of imide groups is 1. The minimum absolute atomic E-state index is 0.00575. The Morgan fingerprint density at radius 3 is 1.18 bits per heavy atom. The quantitative estimate of drug-likeness (QED) is 0.0109. The van der Waals surface area contributed by atoms with Crippen LogP contribution in [0, 0.1) is 13.8 Å². The molecule has 0 bridgehead atoms. The Morgan fingerprint density at radius 1 is 0.454 bits per heavy atom. The molecule has 2 heterocycles. The van der Waals surface area contributed by atoms with Crippen molar-refractivity contribution in [1.29, 1.82) is 0 Å². The number of aryl methyl sites for hydroxylation is 3. The number of amides is 4. The molecule has 1 fully saturated rings. The van der Waals surface area contributed by atoms with E-state index in [1.165, 1.54) is 0 Å². The second-order valence-corrected chi connectivity index (χ2v) is 25.3. The molecule has 1 aliphatic rings. The zero-order valence-electron chi connectivity index (χ0n) is 62.8. The average Bonchev–Trinajstić information content (AvgIpc) is 0.960. The first kappa shape index (κ1) is 91.8. The van der Waals surface area contributed by atoms with Crippen molar-refractivity contribution in [3.8, 4) is 17.2 Å². The van der Waals surface area contributed by atoms with Crippen LogP contribution in [0.25, 0.3) is 21.8 Å². The fourth-order valence-electron chi connectivity index (χ4n) is 10.2. The van der Waals surface area contributed by atoms with Gasteiger partial charge < -0.3 is 110 Å². The maximum absolute atomic E-state index is 15.1. The Morgan fingerprint density at radius 2 is 0.806 bits per heavy atom. The van der Waals surface area contributed by atoms with Gasteiger partial charge in [0.15, 0.2) is 6.54 Å². The molecular formula is C73H111N4O30S+. The first-order valence-electron chi connectivity index (χ1n) is 36.3. The number of methoxy groups -OCH3 is 2. The van der Waals surface area contributed by atoms with Gasteiger partial charge in [0.05, 0.1) is 234 Å². The van der Waals surface area contributed by atoms with Gasteiger partial charge in [0.1, 0.15) is 30.5 Å². The molecule has 608 valence electrons. The van der Waals surface area contributed by atoms with Gasteiger partial charge in [0.2, 0.25) is 16.9 Å². The van der Waals surface area contributed by atoms with E-state index >= 15 is 4.79 Å². The zero-order valence-corrected chi connectivity index (χ0v) is 63.6. The van der Waals surface area contributed by atoms with E-state index < -0.39 is 39.6 Å². The summed E-state index contributed by atoms with van der Waals surface area (Å²) < 4.78 is 148. The van der Waals surface area contributed by atoms with Crippen LogP contribution in [0.3, 0.4) is 0 Å². The number of hydrogen-bond acceptors (Lipinski definition) is 29. The number of hydroxylamine groups is 2. The highest BCUT2D eigenvalue weighted by Gasteiger charge is 2.33. The SMILES string of the molecule is COCCOCCOCCOCCOCCOCCOc1ccc2c(c1)c(C(=O)Oc1c(C)cc(C(=O)NCCOCCOCCOCCOCCOCCNC(=O)CCCC(=O)ON3C(=O)CCC3=O)cc1C)c1cc(OCCOCCOCCOCCOCCOCCOC)ccc1[n+]2CCCS(=O)(=O)O. The first-order chi connectivity index (χ1) is 52.6. The Bertz CT molecular complexity index is 3210. The summed E-state index contributed by atoms with van der Waals surface area (Å²) >= 11 is 0. The lowest BCUT2D eigenvalue weighted by molar-refractivity contribution is -0.645. The van der Waals surface area contributed by atoms with Crippen LogP contribution in [-0.4, -0.2) is 311 Å². The van der Waals surface area contributed by atoms with Crippen molar-refractivity contribution in [2.75, 3.05) is 258 Å². The van der Waals surface area contributed by atoms with E-state index in [9.17, 15) is 36.9 Å². The maximum atomic E-state index is 15.1. The highest BCUT2D eigenvalue weighted by atomic mass is 32.2. The number of esters is 1. The molecule has 0 aliphatic carbocycles. The van der Waals surface area contributed by atoms with Crippen LogP contribution in [0.5, 0.6) is 17.2 Å². The number of pyridine rings is 1. The molecule has 0 radical (unpaired) electrons. The molecule has 108 heavy (non-hydrogen) atoms. The van der Waals surface area contributed by atoms with E-state index in [1.54, 1.807) is 76.6 Å². The first-order valence-corrected chi connectivity index (χ1v) is 37.9. The number of hydrogen-bond donors (Lipinski definition) is 3. The van der Waals surface area contributed by atoms with Gasteiger partial charge in [-0.2, -0.15) is 13.0 Å². The van der Waals surface area contributed by atoms with Gasteiger partial charge in [-0.15, -0.1) is 5.06 Å². The normalized spacial score (nSPS) is 12.4. The lowest BCUT2D eigenvalue weighted by Gasteiger charge is -2.16. The van der Waals surface area contributed by atoms with Crippen LogP contribution >= 0.6 is 0 Å². The van der Waals surface area contributed by atoms with Crippen LogP contribution < -0.4 is 29.4 Å². The number of fused-ring (bicyclic) bond motifs is 2. The number of carbonyl (C=O) groups is 6. The van der Waals surface area contributed by atoms with Gasteiger partial charge in [-0.3, -0.25) is 23.7 Å². The summed E-state index contributed by atoms with van der Waals surface area (Å²) in [6, 6.07) is 13.6. The van der Waals surface area contributed by atoms with Crippen molar-refractivity contribution < 1.29 is 146 Å². The molecule has 4 aromatic rings. The van der Waals surface area contributed by atoms with E-state index in [4.69, 9.17) is 99.6 Å². The Hall–Kier alpha value is -6.82. The molecule has 35 heteroatoms. The van der Waals surface area contributed by atoms with Crippen LogP contribution in [0.1, 0.15) is 70.4 Å². The van der Waals surface area contributed by atoms with Crippen molar-refractivity contribution in [3.63, 3.8) is 0 Å². The fraction of sp³-hybridized carbons (Fsp3) is 0.658. The molecule has 4 amide bonds. The van der Waals surface area contributed by atoms with E-state index in [1.807, 2.05) is 4.57 Å². The largest absolute Gasteiger partial charge is 0.491 e. The Balaban J connectivity index is 1.08. The highest BCUT2D eigenvalue weighted by molar-refractivity contribution is 7.85. The van der Waals surface area contributed by atoms with E-state index in [-0.39, 0.29) is 128 Å². The van der Waals surface area contributed by atoms with Gasteiger partial charge in [-0.25, -0.2) is 9.59 Å². The minimum Gasteiger partial charge on any atom is -0.491 e. The third-order valence-electron chi connectivity index (χ3n) is 15.4. The highest BCUT2D eigenvalue weighted by Crippen LogP contribution is 2.34. The van der Waals surface area contributed by atoms with Crippen LogP contribution in [0.4, 0.5) is 0 Å². The molecule has 0 unspecified atom stereocenters. The van der Waals surface area contributed by atoms with E-state index in [0.717, 1.165) is 0 Å². The van der Waals surface area contributed by atoms with Gasteiger partial charge in [0.25, 0.3) is 27.8 Å². The summed E-state index contributed by atoms with van der Waals surface area (Å²) in [4.78, 5) is 80.4. The smallest absolute Gasteiger partial charge is 0.345 e. The second-order valence-electron chi connectivity index (χ2n) is 23.7. The van der Waals surface area contributed by atoms with Crippen molar-refractivity contribution in [2.45, 2.75) is 58.9 Å². The van der Waals surface area contributed by atoms with Gasteiger partial charge in [-0.05, 0) is 67.8 Å². The summed E-state index contributed by atoms with van der Waals surface area (Å²) in [5, 5.41) is 6.83. The molecule has 0 spiro atoms. The summed E-state index contributed by atoms with van der Waals surface area (Å²) in [6.07, 6.45) is 0.178. The molecule has 34 nitrogen and oxygen atoms in total. The number of rotatable bonds is 68. The number of aromatic nitrogens is 1. The van der Waals surface area contributed by atoms with Crippen LogP contribution in [0.15, 0.2) is 48.5 Å². The van der Waals surface area contributed by atoms with Crippen molar-refractivity contribution >= 4 is 67.5 Å². The standard InChI is InChI=1S/C73H110N4O30S/c1-57-53-59(72(82)75-16-19-90-25-27-94-33-35-97-34-32-93-26-24-89-18-15-74-66(78)7-5-8-69(81)107-77-67(79)13-14-68(77)80)54-58(2)71(57)106-73(83)70-62-55-60(104-50-48-102-46-44-100-42-40-98-38-36-95-30-28-91-22-20-87-3)9-11-64(62)76(17-6-52-108(84,85)86)65-12-10-61(56-63(65)70)105-51-49-103-47-45-101-43-41-99-39-37-96-31-29-92-23-21-88-4/h9-12,53-56H,5-8,13-52H2,1-4H3,(H2-,74,75,78,82,84,85,86)/p+1. The average molecular weight is 1560 g/mol. The predicted molar refractivity (Wildman–Crippen MR) is 387 cm³/mol. The number of ether oxygens (including phenoxy) is 20. The van der Waals surface area contributed by atoms with Crippen molar-refractivity contribution in [1.82, 2.24) is 15.7 Å². The Labute approximate surface area is 631 Å². The van der Waals surface area contributed by atoms with Gasteiger partial charge in [-0.1, -0.05) is 0 Å². The molecule has 3 aromatic carbocycles. The van der Waals surface area contributed by atoms with Crippen LogP contribution in [-0.2, 0) is 121 Å². The van der Waals surface area contributed by atoms with Gasteiger partial charge >= 0.3 is 11.9 Å². The molecule has 1 aromatic heterocycles. The third kappa shape index (κ3) is 39.7. The molecule has 0 atom stereocenters. The van der Waals surface area contributed by atoms with Gasteiger partial charge in [0, 0.05) is 77.1 Å². The second kappa shape index (κ2) is 57.3. The summed E-state index contributed by atoms with van der Waals surface area (Å²) in [6.45, 7) is 16.2. The summed E-state index contributed by atoms with van der Waals surface area (Å²) in [5.74, 6) is -2.78. The lowest BCUT2D eigenvalue weighted by Crippen LogP contribution is -2.37. The van der Waals surface area contributed by atoms with E-state index in [0.29, 0.717) is 233 Å². The number of benzene rings is 3. The Kier molecular flexibility index (Phi) is 48.7. The van der Waals surface area contributed by atoms with Crippen molar-refractivity contribution in [3.05, 3.63) is 70.8 Å². The third-order valence-corrected chi connectivity index (χ3v) is 16.2. The number of nitrogens with one attached hydrogen (secondary N) is 2. The zero-order chi connectivity index (χ0) is 77.5. The summed E-state index contributed by atoms with van der Waals surface area (Å²) in [5.41, 5.74) is 2.53. The molecule has 3 N–H and O–H groups in total. The lowest BCUT2D eigenvalue weighted by atomic mass is 10.0. The molecule has 1 aliphatic heterocycles. The topological polar surface area (TPSA) is 382 Å². The maximum Gasteiger partial charge on any atom is 0.345 e. The minimum atomic E-state index is -4.33. The summed E-state index contributed by atoms with van der Waals surface area (Å²) in [7, 11) is -1.09. The molecule has 5 rings (SSSR count). The molecular weight excluding hydrogens is 1440 g/mol. The number of carbonyl (C=O) groups excluding carboxylic acids is 6. The number of nitrogens with zero attached hydrogens (tertiary/aromatic N) is 2. The van der Waals surface area contributed by atoms with Crippen LogP contribution in [0.2, 0.25) is 0 Å².